The quantitative estimate of drug-likeness (QED) is 0.696. The fourth-order valence-corrected chi connectivity index (χ4v) is 3.62. The largest absolute Gasteiger partial charge is 0.326 e. The number of hydrogen-bond donors (Lipinski definition) is 1. The molecule has 0 spiro atoms. The van der Waals surface area contributed by atoms with E-state index >= 15 is 0 Å². The van der Waals surface area contributed by atoms with E-state index in [4.69, 9.17) is 5.73 Å². The molecule has 1 fully saturated rings. The van der Waals surface area contributed by atoms with Crippen molar-refractivity contribution in [3.05, 3.63) is 63.0 Å². The second-order valence-electron chi connectivity index (χ2n) is 5.43. The molecular formula is C15H17N3O2S. The van der Waals surface area contributed by atoms with E-state index in [-0.39, 0.29) is 16.0 Å². The van der Waals surface area contributed by atoms with Crippen LogP contribution < -0.4 is 5.73 Å². The molecule has 3 rings (SSSR count). The summed E-state index contributed by atoms with van der Waals surface area (Å²) in [7, 11) is 0. The lowest BCUT2D eigenvalue weighted by atomic mass is 9.95. The third-order valence-corrected chi connectivity index (χ3v) is 4.82. The number of likely N-dealkylation sites (tertiary alicyclic amines) is 1. The van der Waals surface area contributed by atoms with E-state index < -0.39 is 0 Å². The lowest BCUT2D eigenvalue weighted by Crippen LogP contribution is -2.28. The van der Waals surface area contributed by atoms with Crippen molar-refractivity contribution in [2.24, 2.45) is 5.73 Å². The predicted octanol–water partition coefficient (Wildman–Crippen LogP) is 2.58. The third-order valence-electron chi connectivity index (χ3n) is 3.89. The van der Waals surface area contributed by atoms with Crippen LogP contribution in [0, 0.1) is 10.1 Å². The van der Waals surface area contributed by atoms with E-state index in [9.17, 15) is 10.1 Å². The van der Waals surface area contributed by atoms with E-state index in [0.717, 1.165) is 25.2 Å². The maximum Gasteiger partial charge on any atom is 0.324 e. The Morgan fingerprint density at radius 1 is 1.33 bits per heavy atom. The molecule has 0 unspecified atom stereocenters. The van der Waals surface area contributed by atoms with Gasteiger partial charge in [-0.25, -0.2) is 0 Å². The molecule has 0 aliphatic carbocycles. The SMILES string of the molecule is N[C@@H]1CN(Cc2csc([N+](=O)[O-])c2)C[C@H]1c1ccccc1. The number of nitrogens with two attached hydrogens (primary N) is 1. The highest BCUT2D eigenvalue weighted by Crippen LogP contribution is 2.29. The number of benzene rings is 1. The van der Waals surface area contributed by atoms with Gasteiger partial charge in [0.25, 0.3) is 0 Å². The third kappa shape index (κ3) is 3.12. The van der Waals surface area contributed by atoms with E-state index in [1.165, 1.54) is 16.9 Å². The van der Waals surface area contributed by atoms with Gasteiger partial charge in [0.1, 0.15) is 0 Å². The second-order valence-corrected chi connectivity index (χ2v) is 6.32. The Balaban J connectivity index is 1.67. The van der Waals surface area contributed by atoms with Crippen LogP contribution in [0.4, 0.5) is 5.00 Å². The van der Waals surface area contributed by atoms with Crippen LogP contribution in [0.2, 0.25) is 0 Å². The van der Waals surface area contributed by atoms with Gasteiger partial charge in [-0.3, -0.25) is 15.0 Å². The molecule has 1 aliphatic rings. The minimum absolute atomic E-state index is 0.112. The molecule has 21 heavy (non-hydrogen) atoms. The van der Waals surface area contributed by atoms with Gasteiger partial charge in [0.2, 0.25) is 0 Å². The van der Waals surface area contributed by atoms with Gasteiger partial charge < -0.3 is 5.73 Å². The minimum atomic E-state index is -0.337. The summed E-state index contributed by atoms with van der Waals surface area (Å²) in [5.41, 5.74) is 8.52. The molecule has 0 bridgehead atoms. The number of nitro groups is 1. The van der Waals surface area contributed by atoms with Gasteiger partial charge in [-0.05, 0) is 11.1 Å². The van der Waals surface area contributed by atoms with E-state index in [2.05, 4.69) is 17.0 Å². The summed E-state index contributed by atoms with van der Waals surface area (Å²) in [6.45, 7) is 2.44. The van der Waals surface area contributed by atoms with Crippen molar-refractivity contribution in [2.45, 2.75) is 18.5 Å². The van der Waals surface area contributed by atoms with E-state index in [1.807, 2.05) is 23.6 Å². The van der Waals surface area contributed by atoms with Crippen LogP contribution in [-0.4, -0.2) is 29.0 Å². The maximum atomic E-state index is 10.7. The van der Waals surface area contributed by atoms with Crippen LogP contribution in [-0.2, 0) is 6.54 Å². The smallest absolute Gasteiger partial charge is 0.324 e. The first kappa shape index (κ1) is 14.2. The molecule has 0 amide bonds. The minimum Gasteiger partial charge on any atom is -0.326 e. The molecule has 1 aromatic heterocycles. The van der Waals surface area contributed by atoms with Crippen molar-refractivity contribution < 1.29 is 4.92 Å². The van der Waals surface area contributed by atoms with E-state index in [1.54, 1.807) is 6.07 Å². The first-order valence-corrected chi connectivity index (χ1v) is 7.76. The van der Waals surface area contributed by atoms with Crippen LogP contribution >= 0.6 is 11.3 Å². The van der Waals surface area contributed by atoms with Gasteiger partial charge in [-0.1, -0.05) is 41.7 Å². The van der Waals surface area contributed by atoms with Crippen molar-refractivity contribution in [3.63, 3.8) is 0 Å². The fraction of sp³-hybridized carbons (Fsp3) is 0.333. The predicted molar refractivity (Wildman–Crippen MR) is 83.4 cm³/mol. The zero-order valence-electron chi connectivity index (χ0n) is 11.5. The molecule has 2 aromatic rings. The average molecular weight is 303 g/mol. The molecule has 2 atom stereocenters. The standard InChI is InChI=1S/C15H17N3O2S/c16-14-9-17(7-11-6-15(18(19)20)21-10-11)8-13(14)12-4-2-1-3-5-12/h1-6,10,13-14H,7-9,16H2/t13-,14+/m0/s1. The van der Waals surface area contributed by atoms with Gasteiger partial charge >= 0.3 is 5.00 Å². The van der Waals surface area contributed by atoms with Crippen molar-refractivity contribution in [3.8, 4) is 0 Å². The maximum absolute atomic E-state index is 10.7. The highest BCUT2D eigenvalue weighted by Gasteiger charge is 2.31. The molecule has 2 N–H and O–H groups in total. The Bertz CT molecular complexity index is 629. The van der Waals surface area contributed by atoms with Crippen LogP contribution in [0.1, 0.15) is 17.0 Å². The second kappa shape index (κ2) is 5.93. The summed E-state index contributed by atoms with van der Waals surface area (Å²) >= 11 is 1.18. The zero-order chi connectivity index (χ0) is 14.8. The van der Waals surface area contributed by atoms with Crippen LogP contribution in [0.5, 0.6) is 0 Å². The summed E-state index contributed by atoms with van der Waals surface area (Å²) in [6, 6.07) is 12.1. The van der Waals surface area contributed by atoms with Gasteiger partial charge in [-0.2, -0.15) is 0 Å². The summed E-state index contributed by atoms with van der Waals surface area (Å²) in [5, 5.41) is 12.8. The lowest BCUT2D eigenvalue weighted by molar-refractivity contribution is -0.380. The summed E-state index contributed by atoms with van der Waals surface area (Å²) in [4.78, 5) is 12.7. The number of thiophene rings is 1. The zero-order valence-corrected chi connectivity index (χ0v) is 12.3. The first-order chi connectivity index (χ1) is 10.1. The molecule has 0 radical (unpaired) electrons. The van der Waals surface area contributed by atoms with Crippen LogP contribution in [0.15, 0.2) is 41.8 Å². The van der Waals surface area contributed by atoms with Crippen molar-refractivity contribution >= 4 is 16.3 Å². The van der Waals surface area contributed by atoms with Crippen molar-refractivity contribution in [2.75, 3.05) is 13.1 Å². The normalized spacial score (nSPS) is 22.5. The number of hydrogen-bond acceptors (Lipinski definition) is 5. The first-order valence-electron chi connectivity index (χ1n) is 6.88. The highest BCUT2D eigenvalue weighted by atomic mass is 32.1. The topological polar surface area (TPSA) is 72.4 Å². The Morgan fingerprint density at radius 3 is 2.76 bits per heavy atom. The van der Waals surface area contributed by atoms with Gasteiger partial charge in [-0.15, -0.1) is 0 Å². The molecule has 1 aliphatic heterocycles. The van der Waals surface area contributed by atoms with Crippen molar-refractivity contribution in [1.29, 1.82) is 0 Å². The van der Waals surface area contributed by atoms with Crippen LogP contribution in [0.3, 0.4) is 0 Å². The Hall–Kier alpha value is -1.76. The Morgan fingerprint density at radius 2 is 2.10 bits per heavy atom. The molecule has 0 saturated carbocycles. The molecular weight excluding hydrogens is 286 g/mol. The van der Waals surface area contributed by atoms with Crippen molar-refractivity contribution in [1.82, 2.24) is 4.90 Å². The van der Waals surface area contributed by atoms with Gasteiger partial charge in [0.15, 0.2) is 0 Å². The Labute approximate surface area is 127 Å². The number of rotatable bonds is 4. The summed E-state index contributed by atoms with van der Waals surface area (Å²) in [6.07, 6.45) is 0. The van der Waals surface area contributed by atoms with Crippen LogP contribution in [0.25, 0.3) is 0 Å². The monoisotopic (exact) mass is 303 g/mol. The van der Waals surface area contributed by atoms with Gasteiger partial charge in [0.05, 0.1) is 4.92 Å². The molecule has 6 heteroatoms. The molecule has 5 nitrogen and oxygen atoms in total. The average Bonchev–Trinajstić information content (AvgIpc) is 3.07. The highest BCUT2D eigenvalue weighted by molar-refractivity contribution is 7.13. The summed E-state index contributed by atoms with van der Waals surface area (Å²) < 4.78 is 0. The van der Waals surface area contributed by atoms with E-state index in [0.29, 0.717) is 5.92 Å². The molecule has 1 aromatic carbocycles. The fourth-order valence-electron chi connectivity index (χ4n) is 2.89. The lowest BCUT2D eigenvalue weighted by Gasteiger charge is -2.15. The summed E-state index contributed by atoms with van der Waals surface area (Å²) in [5.74, 6) is 0.333. The molecule has 2 heterocycles. The number of nitrogens with zero attached hydrogens (tertiary/aromatic N) is 2. The van der Waals surface area contributed by atoms with Gasteiger partial charge in [0, 0.05) is 43.0 Å². The molecule has 1 saturated heterocycles. The molecule has 110 valence electrons. The Kier molecular flexibility index (Phi) is 4.01.